The van der Waals surface area contributed by atoms with Gasteiger partial charge >= 0.3 is 0 Å². The third kappa shape index (κ3) is 3.50. The van der Waals surface area contributed by atoms with Crippen LogP contribution in [-0.4, -0.2) is 51.2 Å². The first-order chi connectivity index (χ1) is 12.2. The lowest BCUT2D eigenvalue weighted by molar-refractivity contribution is 0.240. The molecule has 8 heteroatoms. The van der Waals surface area contributed by atoms with Crippen molar-refractivity contribution in [3.8, 4) is 0 Å². The Morgan fingerprint density at radius 1 is 1.20 bits per heavy atom. The highest BCUT2D eigenvalue weighted by molar-refractivity contribution is 9.10. The molecular formula is C17H19BrN6O. The molecule has 1 saturated heterocycles. The molecule has 0 aromatic carbocycles. The Morgan fingerprint density at radius 3 is 2.80 bits per heavy atom. The van der Waals surface area contributed by atoms with Crippen LogP contribution in [0.3, 0.4) is 0 Å². The van der Waals surface area contributed by atoms with Crippen molar-refractivity contribution in [3.05, 3.63) is 40.7 Å². The third-order valence-electron chi connectivity index (χ3n) is 4.41. The molecule has 0 bridgehead atoms. The van der Waals surface area contributed by atoms with Crippen LogP contribution >= 0.6 is 15.9 Å². The standard InChI is InChI=1S/C17H19BrN6O/c1-2-16-21-15(22-25-16)11-23-5-7-24(8-6-23)14-3-4-19-13-9-12(18)10-20-17(13)14/h3-4,9-10H,2,5-8,11H2,1H3. The van der Waals surface area contributed by atoms with Gasteiger partial charge in [-0.3, -0.25) is 14.9 Å². The number of hydrogen-bond acceptors (Lipinski definition) is 7. The highest BCUT2D eigenvalue weighted by Crippen LogP contribution is 2.26. The molecule has 0 radical (unpaired) electrons. The normalized spacial score (nSPS) is 15.8. The zero-order chi connectivity index (χ0) is 17.2. The van der Waals surface area contributed by atoms with Crippen molar-refractivity contribution < 1.29 is 4.52 Å². The SMILES string of the molecule is CCc1nc(CN2CCN(c3ccnc4cc(Br)cnc34)CC2)no1. The number of halogens is 1. The number of piperazine rings is 1. The molecule has 4 heterocycles. The minimum Gasteiger partial charge on any atom is -0.367 e. The van der Waals surface area contributed by atoms with E-state index in [4.69, 9.17) is 4.52 Å². The second kappa shape index (κ2) is 7.05. The molecule has 130 valence electrons. The van der Waals surface area contributed by atoms with Gasteiger partial charge in [-0.05, 0) is 28.1 Å². The maximum Gasteiger partial charge on any atom is 0.226 e. The molecule has 3 aromatic heterocycles. The van der Waals surface area contributed by atoms with Gasteiger partial charge in [0.05, 0.1) is 17.7 Å². The zero-order valence-electron chi connectivity index (χ0n) is 14.0. The van der Waals surface area contributed by atoms with Crippen molar-refractivity contribution in [2.45, 2.75) is 19.9 Å². The van der Waals surface area contributed by atoms with E-state index in [1.165, 1.54) is 0 Å². The van der Waals surface area contributed by atoms with Gasteiger partial charge in [0, 0.05) is 49.5 Å². The summed E-state index contributed by atoms with van der Waals surface area (Å²) in [4.78, 5) is 18.1. The van der Waals surface area contributed by atoms with Crippen LogP contribution in [0.25, 0.3) is 11.0 Å². The average Bonchev–Trinajstić information content (AvgIpc) is 3.09. The molecule has 0 N–H and O–H groups in total. The van der Waals surface area contributed by atoms with Crippen LogP contribution in [-0.2, 0) is 13.0 Å². The van der Waals surface area contributed by atoms with Crippen molar-refractivity contribution in [2.75, 3.05) is 31.1 Å². The van der Waals surface area contributed by atoms with E-state index in [1.807, 2.05) is 31.5 Å². The Balaban J connectivity index is 1.45. The smallest absolute Gasteiger partial charge is 0.226 e. The van der Waals surface area contributed by atoms with Crippen LogP contribution in [0.2, 0.25) is 0 Å². The van der Waals surface area contributed by atoms with Gasteiger partial charge in [0.15, 0.2) is 5.82 Å². The van der Waals surface area contributed by atoms with Gasteiger partial charge in [-0.1, -0.05) is 12.1 Å². The molecule has 25 heavy (non-hydrogen) atoms. The number of aromatic nitrogens is 4. The molecule has 0 amide bonds. The maximum atomic E-state index is 5.19. The molecule has 1 fully saturated rings. The fraction of sp³-hybridized carbons (Fsp3) is 0.412. The lowest BCUT2D eigenvalue weighted by Crippen LogP contribution is -2.46. The lowest BCUT2D eigenvalue weighted by Gasteiger charge is -2.35. The average molecular weight is 403 g/mol. The lowest BCUT2D eigenvalue weighted by atomic mass is 10.2. The van der Waals surface area contributed by atoms with E-state index in [-0.39, 0.29) is 0 Å². The topological polar surface area (TPSA) is 71.2 Å². The number of aryl methyl sites for hydroxylation is 1. The molecule has 4 rings (SSSR count). The van der Waals surface area contributed by atoms with E-state index >= 15 is 0 Å². The third-order valence-corrected chi connectivity index (χ3v) is 4.85. The van der Waals surface area contributed by atoms with Gasteiger partial charge in [-0.2, -0.15) is 4.98 Å². The minimum absolute atomic E-state index is 0.703. The summed E-state index contributed by atoms with van der Waals surface area (Å²) in [6, 6.07) is 4.05. The summed E-state index contributed by atoms with van der Waals surface area (Å²) in [6.07, 6.45) is 4.45. The summed E-state index contributed by atoms with van der Waals surface area (Å²) < 4.78 is 6.13. The van der Waals surface area contributed by atoms with Gasteiger partial charge in [0.25, 0.3) is 0 Å². The number of hydrogen-bond donors (Lipinski definition) is 0. The second-order valence-corrected chi connectivity index (χ2v) is 6.99. The Kier molecular flexibility index (Phi) is 4.63. The molecule has 0 atom stereocenters. The van der Waals surface area contributed by atoms with Gasteiger partial charge in [-0.25, -0.2) is 0 Å². The molecule has 1 aliphatic rings. The van der Waals surface area contributed by atoms with Gasteiger partial charge < -0.3 is 9.42 Å². The van der Waals surface area contributed by atoms with E-state index in [0.29, 0.717) is 5.89 Å². The Morgan fingerprint density at radius 2 is 2.04 bits per heavy atom. The molecule has 0 saturated carbocycles. The molecule has 1 aliphatic heterocycles. The summed E-state index contributed by atoms with van der Waals surface area (Å²) in [5.74, 6) is 1.47. The van der Waals surface area contributed by atoms with Crippen LogP contribution in [0, 0.1) is 0 Å². The molecule has 0 unspecified atom stereocenters. The quantitative estimate of drug-likeness (QED) is 0.663. The van der Waals surface area contributed by atoms with E-state index in [2.05, 4.69) is 45.8 Å². The van der Waals surface area contributed by atoms with Crippen LogP contribution < -0.4 is 4.90 Å². The molecule has 3 aromatic rings. The van der Waals surface area contributed by atoms with E-state index in [9.17, 15) is 0 Å². The number of pyridine rings is 2. The zero-order valence-corrected chi connectivity index (χ0v) is 15.6. The Bertz CT molecular complexity index is 874. The summed E-state index contributed by atoms with van der Waals surface area (Å²) in [6.45, 7) is 6.54. The summed E-state index contributed by atoms with van der Waals surface area (Å²) in [5, 5.41) is 4.04. The first kappa shape index (κ1) is 16.4. The predicted octanol–water partition coefficient (Wildman–Crippen LogP) is 2.66. The van der Waals surface area contributed by atoms with Crippen LogP contribution in [0.15, 0.2) is 33.5 Å². The number of fused-ring (bicyclic) bond motifs is 1. The summed E-state index contributed by atoms with van der Waals surface area (Å²) in [7, 11) is 0. The van der Waals surface area contributed by atoms with Crippen molar-refractivity contribution in [1.29, 1.82) is 0 Å². The van der Waals surface area contributed by atoms with E-state index < -0.39 is 0 Å². The number of anilines is 1. The summed E-state index contributed by atoms with van der Waals surface area (Å²) >= 11 is 3.46. The van der Waals surface area contributed by atoms with Gasteiger partial charge in [-0.15, -0.1) is 0 Å². The Hall–Kier alpha value is -2.06. The first-order valence-electron chi connectivity index (χ1n) is 8.42. The van der Waals surface area contributed by atoms with Gasteiger partial charge in [0.2, 0.25) is 5.89 Å². The molecule has 0 spiro atoms. The van der Waals surface area contributed by atoms with Crippen LogP contribution in [0.5, 0.6) is 0 Å². The van der Waals surface area contributed by atoms with Crippen molar-refractivity contribution in [2.24, 2.45) is 0 Å². The first-order valence-corrected chi connectivity index (χ1v) is 9.21. The maximum absolute atomic E-state index is 5.19. The monoisotopic (exact) mass is 402 g/mol. The summed E-state index contributed by atoms with van der Waals surface area (Å²) in [5.41, 5.74) is 3.00. The number of nitrogens with zero attached hydrogens (tertiary/aromatic N) is 6. The second-order valence-electron chi connectivity index (χ2n) is 6.07. The molecular weight excluding hydrogens is 384 g/mol. The van der Waals surface area contributed by atoms with E-state index in [1.54, 1.807) is 0 Å². The van der Waals surface area contributed by atoms with Crippen molar-refractivity contribution >= 4 is 32.7 Å². The molecule has 0 aliphatic carbocycles. The van der Waals surface area contributed by atoms with E-state index in [0.717, 1.165) is 66.2 Å². The fourth-order valence-corrected chi connectivity index (χ4v) is 3.41. The fourth-order valence-electron chi connectivity index (χ4n) is 3.09. The van der Waals surface area contributed by atoms with Crippen LogP contribution in [0.1, 0.15) is 18.6 Å². The van der Waals surface area contributed by atoms with Crippen molar-refractivity contribution in [1.82, 2.24) is 25.0 Å². The van der Waals surface area contributed by atoms with Crippen LogP contribution in [0.4, 0.5) is 5.69 Å². The van der Waals surface area contributed by atoms with Gasteiger partial charge in [0.1, 0.15) is 5.52 Å². The predicted molar refractivity (Wildman–Crippen MR) is 98.4 cm³/mol. The largest absolute Gasteiger partial charge is 0.367 e. The highest BCUT2D eigenvalue weighted by atomic mass is 79.9. The minimum atomic E-state index is 0.703. The Labute approximate surface area is 154 Å². The molecule has 7 nitrogen and oxygen atoms in total. The van der Waals surface area contributed by atoms with Crippen molar-refractivity contribution in [3.63, 3.8) is 0 Å². The highest BCUT2D eigenvalue weighted by Gasteiger charge is 2.21. The number of rotatable bonds is 4.